The van der Waals surface area contributed by atoms with Crippen LogP contribution in [-0.2, 0) is 30.2 Å². The van der Waals surface area contributed by atoms with E-state index < -0.39 is 42.0 Å². The summed E-state index contributed by atoms with van der Waals surface area (Å²) < 4.78 is 36.2. The molecule has 31 heavy (non-hydrogen) atoms. The fourth-order valence-electron chi connectivity index (χ4n) is 3.29. The van der Waals surface area contributed by atoms with Crippen LogP contribution in [0.3, 0.4) is 0 Å². The van der Waals surface area contributed by atoms with Crippen molar-refractivity contribution < 1.29 is 32.9 Å². The van der Waals surface area contributed by atoms with Gasteiger partial charge in [0, 0.05) is 26.1 Å². The average Bonchev–Trinajstić information content (AvgIpc) is 2.71. The summed E-state index contributed by atoms with van der Waals surface area (Å²) in [6.45, 7) is 9.66. The first kappa shape index (κ1) is 25.1. The van der Waals surface area contributed by atoms with Gasteiger partial charge in [-0.2, -0.15) is 0 Å². The van der Waals surface area contributed by atoms with E-state index in [2.05, 4.69) is 5.32 Å². The number of hydrogen-bond donors (Lipinski definition) is 1. The summed E-state index contributed by atoms with van der Waals surface area (Å²) in [5.74, 6) is -0.870. The van der Waals surface area contributed by atoms with Gasteiger partial charge in [0.25, 0.3) is 0 Å². The number of carbonyl (C=O) groups excluding carboxylic acids is 2. The standard InChI is InChI=1S/C23H34FNO6/c1-6-12-29-20-15(2)30-21(26)18(25-22(27)31-23(3,4)5)11-13-28-19(20)14-16-7-9-17(24)10-8-16/h7-10,15,18-20H,6,11-14H2,1-5H3,(H,25,27)/t15-,18-,19+,20-/m0/s1. The fourth-order valence-corrected chi connectivity index (χ4v) is 3.29. The van der Waals surface area contributed by atoms with Crippen molar-refractivity contribution in [2.75, 3.05) is 13.2 Å². The van der Waals surface area contributed by atoms with Gasteiger partial charge in [-0.1, -0.05) is 19.1 Å². The number of esters is 1. The second kappa shape index (κ2) is 11.4. The van der Waals surface area contributed by atoms with Crippen LogP contribution in [0, 0.1) is 5.82 Å². The van der Waals surface area contributed by atoms with Crippen LogP contribution < -0.4 is 5.32 Å². The lowest BCUT2D eigenvalue weighted by Gasteiger charge is -2.31. The second-order valence-electron chi connectivity index (χ2n) is 8.70. The topological polar surface area (TPSA) is 83.1 Å². The monoisotopic (exact) mass is 439 g/mol. The molecule has 0 radical (unpaired) electrons. The summed E-state index contributed by atoms with van der Waals surface area (Å²) in [7, 11) is 0. The zero-order chi connectivity index (χ0) is 23.0. The summed E-state index contributed by atoms with van der Waals surface area (Å²) in [5.41, 5.74) is 0.202. The first-order valence-electron chi connectivity index (χ1n) is 10.8. The third kappa shape index (κ3) is 8.45. The normalized spacial score (nSPS) is 25.0. The highest BCUT2D eigenvalue weighted by Gasteiger charge is 2.36. The molecule has 1 amide bonds. The number of carbonyl (C=O) groups is 2. The maximum absolute atomic E-state index is 13.3. The van der Waals surface area contributed by atoms with E-state index in [1.807, 2.05) is 6.92 Å². The van der Waals surface area contributed by atoms with Gasteiger partial charge in [0.1, 0.15) is 29.7 Å². The number of nitrogens with one attached hydrogen (secondary N) is 1. The molecule has 8 heteroatoms. The lowest BCUT2D eigenvalue weighted by Crippen LogP contribution is -2.46. The number of halogens is 1. The molecule has 0 spiro atoms. The molecule has 1 heterocycles. The molecule has 1 aliphatic rings. The van der Waals surface area contributed by atoms with Crippen LogP contribution in [0.4, 0.5) is 9.18 Å². The van der Waals surface area contributed by atoms with Crippen molar-refractivity contribution in [3.63, 3.8) is 0 Å². The largest absolute Gasteiger partial charge is 0.458 e. The second-order valence-corrected chi connectivity index (χ2v) is 8.70. The molecular formula is C23H34FNO6. The van der Waals surface area contributed by atoms with E-state index in [1.54, 1.807) is 39.8 Å². The predicted octanol–water partition coefficient (Wildman–Crippen LogP) is 3.78. The predicted molar refractivity (Wildman–Crippen MR) is 113 cm³/mol. The molecule has 2 rings (SSSR count). The third-order valence-electron chi connectivity index (χ3n) is 4.71. The first-order valence-corrected chi connectivity index (χ1v) is 10.8. The van der Waals surface area contributed by atoms with Gasteiger partial charge in [-0.05, 0) is 51.8 Å². The van der Waals surface area contributed by atoms with E-state index in [0.717, 1.165) is 12.0 Å². The summed E-state index contributed by atoms with van der Waals surface area (Å²) in [6.07, 6.45) is -0.710. The number of benzene rings is 1. The zero-order valence-electron chi connectivity index (χ0n) is 19.0. The molecule has 174 valence electrons. The molecule has 1 fully saturated rings. The molecule has 0 aliphatic carbocycles. The van der Waals surface area contributed by atoms with E-state index in [0.29, 0.717) is 13.0 Å². The number of ether oxygens (including phenoxy) is 4. The molecule has 0 bridgehead atoms. The van der Waals surface area contributed by atoms with Crippen molar-refractivity contribution in [2.45, 2.75) is 83.8 Å². The minimum Gasteiger partial charge on any atom is -0.458 e. The fraction of sp³-hybridized carbons (Fsp3) is 0.652. The number of alkyl carbamates (subject to hydrolysis) is 1. The maximum Gasteiger partial charge on any atom is 0.408 e. The number of rotatable bonds is 6. The Morgan fingerprint density at radius 3 is 2.55 bits per heavy atom. The Morgan fingerprint density at radius 1 is 1.26 bits per heavy atom. The smallest absolute Gasteiger partial charge is 0.408 e. The Morgan fingerprint density at radius 2 is 1.94 bits per heavy atom. The van der Waals surface area contributed by atoms with E-state index in [9.17, 15) is 14.0 Å². The van der Waals surface area contributed by atoms with Crippen molar-refractivity contribution in [3.05, 3.63) is 35.6 Å². The molecule has 1 aliphatic heterocycles. The molecule has 0 unspecified atom stereocenters. The number of hydrogen-bond acceptors (Lipinski definition) is 6. The minimum atomic E-state index is -0.895. The molecule has 1 saturated heterocycles. The minimum absolute atomic E-state index is 0.208. The van der Waals surface area contributed by atoms with E-state index in [1.165, 1.54) is 12.1 Å². The Bertz CT molecular complexity index is 718. The first-order chi connectivity index (χ1) is 14.6. The summed E-state index contributed by atoms with van der Waals surface area (Å²) in [5, 5.41) is 2.57. The molecule has 1 aromatic carbocycles. The number of cyclic esters (lactones) is 1. The average molecular weight is 440 g/mol. The van der Waals surface area contributed by atoms with Gasteiger partial charge in [-0.25, -0.2) is 14.0 Å². The van der Waals surface area contributed by atoms with Crippen molar-refractivity contribution in [1.82, 2.24) is 5.32 Å². The lowest BCUT2D eigenvalue weighted by molar-refractivity contribution is -0.164. The van der Waals surface area contributed by atoms with Gasteiger partial charge in [-0.3, -0.25) is 0 Å². The van der Waals surface area contributed by atoms with Gasteiger partial charge in [0.2, 0.25) is 0 Å². The third-order valence-corrected chi connectivity index (χ3v) is 4.71. The maximum atomic E-state index is 13.3. The van der Waals surface area contributed by atoms with Crippen LogP contribution in [0.2, 0.25) is 0 Å². The highest BCUT2D eigenvalue weighted by Crippen LogP contribution is 2.21. The highest BCUT2D eigenvalue weighted by atomic mass is 19.1. The van der Waals surface area contributed by atoms with Gasteiger partial charge in [0.05, 0.1) is 6.10 Å². The van der Waals surface area contributed by atoms with Crippen LogP contribution in [0.1, 0.15) is 53.0 Å². The van der Waals surface area contributed by atoms with Gasteiger partial charge in [0.15, 0.2) is 0 Å². The molecule has 4 atom stereocenters. The lowest BCUT2D eigenvalue weighted by atomic mass is 10.0. The van der Waals surface area contributed by atoms with Crippen LogP contribution >= 0.6 is 0 Å². The van der Waals surface area contributed by atoms with Crippen LogP contribution in [0.15, 0.2) is 24.3 Å². The SMILES string of the molecule is CCCO[C@H]1[C@H](C)OC(=O)[C@@H](NC(=O)OC(C)(C)C)CCO[C@@H]1Cc1ccc(F)cc1. The van der Waals surface area contributed by atoms with Crippen molar-refractivity contribution in [3.8, 4) is 0 Å². The highest BCUT2D eigenvalue weighted by molar-refractivity contribution is 5.81. The Kier molecular flexibility index (Phi) is 9.25. The van der Waals surface area contributed by atoms with Crippen molar-refractivity contribution in [2.24, 2.45) is 0 Å². The van der Waals surface area contributed by atoms with E-state index in [-0.39, 0.29) is 18.8 Å². The molecule has 1 N–H and O–H groups in total. The molecule has 0 aromatic heterocycles. The van der Waals surface area contributed by atoms with Gasteiger partial charge >= 0.3 is 12.1 Å². The van der Waals surface area contributed by atoms with Crippen molar-refractivity contribution in [1.29, 1.82) is 0 Å². The Balaban J connectivity index is 2.15. The summed E-state index contributed by atoms with van der Waals surface area (Å²) >= 11 is 0. The Labute approximate surface area is 183 Å². The summed E-state index contributed by atoms with van der Waals surface area (Å²) in [4.78, 5) is 24.8. The Hall–Kier alpha value is -2.19. The molecule has 0 saturated carbocycles. The molecular weight excluding hydrogens is 405 g/mol. The quantitative estimate of drug-likeness (QED) is 0.680. The van der Waals surface area contributed by atoms with Crippen LogP contribution in [-0.4, -0.2) is 55.2 Å². The molecule has 1 aromatic rings. The van der Waals surface area contributed by atoms with E-state index >= 15 is 0 Å². The zero-order valence-corrected chi connectivity index (χ0v) is 19.0. The van der Waals surface area contributed by atoms with Gasteiger partial charge in [-0.15, -0.1) is 0 Å². The summed E-state index contributed by atoms with van der Waals surface area (Å²) in [6, 6.07) is 5.30. The van der Waals surface area contributed by atoms with Gasteiger partial charge < -0.3 is 24.3 Å². The number of amides is 1. The van der Waals surface area contributed by atoms with Crippen LogP contribution in [0.5, 0.6) is 0 Å². The molecule has 7 nitrogen and oxygen atoms in total. The van der Waals surface area contributed by atoms with Crippen LogP contribution in [0.25, 0.3) is 0 Å². The van der Waals surface area contributed by atoms with Crippen molar-refractivity contribution >= 4 is 12.1 Å². The van der Waals surface area contributed by atoms with E-state index in [4.69, 9.17) is 18.9 Å².